The van der Waals surface area contributed by atoms with Crippen LogP contribution in [0.5, 0.6) is 0 Å². The Kier molecular flexibility index (Phi) is 3.59. The molecule has 0 radical (unpaired) electrons. The number of Topliss-reactive ketones (excluding diaryl/α,β-unsaturated/α-hetero) is 1. The van der Waals surface area contributed by atoms with Crippen molar-refractivity contribution in [2.45, 2.75) is 19.6 Å². The minimum Gasteiger partial charge on any atom is -0.381 e. The predicted octanol–water partition coefficient (Wildman–Crippen LogP) is 2.44. The van der Waals surface area contributed by atoms with Crippen LogP contribution in [0.25, 0.3) is 5.57 Å². The molecule has 0 aromatic heterocycles. The van der Waals surface area contributed by atoms with Crippen molar-refractivity contribution in [3.63, 3.8) is 0 Å². The third kappa shape index (κ3) is 2.60. The first-order valence-electron chi connectivity index (χ1n) is 6.98. The average Bonchev–Trinajstić information content (AvgIpc) is 2.51. The molecule has 2 aromatic carbocycles. The highest BCUT2D eigenvalue weighted by Crippen LogP contribution is 2.31. The number of nitrogens with one attached hydrogen (secondary N) is 1. The van der Waals surface area contributed by atoms with E-state index >= 15 is 0 Å². The van der Waals surface area contributed by atoms with E-state index in [1.807, 2.05) is 55.5 Å². The van der Waals surface area contributed by atoms with Gasteiger partial charge in [-0.25, -0.2) is 0 Å². The van der Waals surface area contributed by atoms with Gasteiger partial charge in [0.15, 0.2) is 11.9 Å². The molecule has 106 valence electrons. The van der Waals surface area contributed by atoms with Crippen LogP contribution in [0.2, 0.25) is 0 Å². The summed E-state index contributed by atoms with van der Waals surface area (Å²) in [5.41, 5.74) is 4.38. The van der Waals surface area contributed by atoms with Crippen LogP contribution in [0.3, 0.4) is 0 Å². The van der Waals surface area contributed by atoms with Crippen LogP contribution in [0, 0.1) is 6.92 Å². The van der Waals surface area contributed by atoms with E-state index in [1.165, 1.54) is 5.56 Å². The molecule has 0 heterocycles. The topological polar surface area (TPSA) is 49.3 Å². The molecule has 1 unspecified atom stereocenters. The Bertz CT molecular complexity index is 704. The van der Waals surface area contributed by atoms with Crippen molar-refractivity contribution in [1.29, 1.82) is 0 Å². The Morgan fingerprint density at radius 1 is 1.10 bits per heavy atom. The second-order valence-corrected chi connectivity index (χ2v) is 5.26. The van der Waals surface area contributed by atoms with Crippen molar-refractivity contribution in [2.75, 3.05) is 0 Å². The SMILES string of the molecule is Cc1cccc(CNC2=C(c3ccccc3)C(=O)C2O)c1. The zero-order chi connectivity index (χ0) is 14.8. The summed E-state index contributed by atoms with van der Waals surface area (Å²) in [6.07, 6.45) is -1.02. The van der Waals surface area contributed by atoms with Gasteiger partial charge in [0.25, 0.3) is 0 Å². The minimum atomic E-state index is -1.02. The maximum atomic E-state index is 11.9. The number of rotatable bonds is 4. The van der Waals surface area contributed by atoms with Crippen molar-refractivity contribution in [1.82, 2.24) is 5.32 Å². The van der Waals surface area contributed by atoms with Gasteiger partial charge in [-0.1, -0.05) is 60.2 Å². The van der Waals surface area contributed by atoms with Crippen molar-refractivity contribution >= 4 is 11.4 Å². The molecule has 0 saturated heterocycles. The number of hydrogen-bond donors (Lipinski definition) is 2. The van der Waals surface area contributed by atoms with Crippen molar-refractivity contribution < 1.29 is 9.90 Å². The van der Waals surface area contributed by atoms with Gasteiger partial charge in [0.2, 0.25) is 0 Å². The molecular weight excluding hydrogens is 262 g/mol. The zero-order valence-corrected chi connectivity index (χ0v) is 11.8. The van der Waals surface area contributed by atoms with Crippen LogP contribution in [-0.4, -0.2) is 17.0 Å². The molecule has 0 fully saturated rings. The monoisotopic (exact) mass is 279 g/mol. The highest BCUT2D eigenvalue weighted by Gasteiger charge is 2.38. The fraction of sp³-hybridized carbons (Fsp3) is 0.167. The van der Waals surface area contributed by atoms with Gasteiger partial charge in [-0.15, -0.1) is 0 Å². The first-order chi connectivity index (χ1) is 10.2. The molecule has 1 aliphatic carbocycles. The summed E-state index contributed by atoms with van der Waals surface area (Å²) in [6, 6.07) is 17.6. The number of aliphatic hydroxyl groups is 1. The van der Waals surface area contributed by atoms with Crippen LogP contribution < -0.4 is 5.32 Å². The number of aryl methyl sites for hydroxylation is 1. The largest absolute Gasteiger partial charge is 0.381 e. The molecule has 2 aromatic rings. The van der Waals surface area contributed by atoms with E-state index in [-0.39, 0.29) is 5.78 Å². The summed E-state index contributed by atoms with van der Waals surface area (Å²) in [5.74, 6) is -0.215. The Hall–Kier alpha value is -2.39. The Balaban J connectivity index is 1.83. The van der Waals surface area contributed by atoms with Gasteiger partial charge in [0, 0.05) is 6.54 Å². The number of carbonyl (C=O) groups excluding carboxylic acids is 1. The first kappa shape index (κ1) is 13.6. The molecule has 0 aliphatic heterocycles. The van der Waals surface area contributed by atoms with E-state index in [0.717, 1.165) is 11.1 Å². The molecule has 3 rings (SSSR count). The molecular formula is C18H17NO2. The molecule has 21 heavy (non-hydrogen) atoms. The molecule has 0 amide bonds. The van der Waals surface area contributed by atoms with Gasteiger partial charge in [-0.05, 0) is 18.1 Å². The highest BCUT2D eigenvalue weighted by molar-refractivity contribution is 6.31. The Labute approximate surface area is 123 Å². The molecule has 3 heteroatoms. The summed E-state index contributed by atoms with van der Waals surface area (Å²) in [4.78, 5) is 11.9. The van der Waals surface area contributed by atoms with E-state index in [9.17, 15) is 9.90 Å². The Morgan fingerprint density at radius 3 is 2.57 bits per heavy atom. The van der Waals surface area contributed by atoms with E-state index in [0.29, 0.717) is 17.8 Å². The van der Waals surface area contributed by atoms with Crippen molar-refractivity contribution in [3.8, 4) is 0 Å². The van der Waals surface area contributed by atoms with E-state index < -0.39 is 6.10 Å². The van der Waals surface area contributed by atoms with Crippen LogP contribution >= 0.6 is 0 Å². The normalized spacial score (nSPS) is 17.6. The smallest absolute Gasteiger partial charge is 0.199 e. The third-order valence-corrected chi connectivity index (χ3v) is 3.67. The number of ketones is 1. The number of carbonyl (C=O) groups is 1. The lowest BCUT2D eigenvalue weighted by molar-refractivity contribution is -0.122. The van der Waals surface area contributed by atoms with Crippen LogP contribution in [0.4, 0.5) is 0 Å². The van der Waals surface area contributed by atoms with Gasteiger partial charge >= 0.3 is 0 Å². The molecule has 1 aliphatic rings. The maximum absolute atomic E-state index is 11.9. The van der Waals surface area contributed by atoms with Gasteiger partial charge in [-0.3, -0.25) is 4.79 Å². The number of aliphatic hydroxyl groups excluding tert-OH is 1. The van der Waals surface area contributed by atoms with Crippen LogP contribution in [-0.2, 0) is 11.3 Å². The van der Waals surface area contributed by atoms with Gasteiger partial charge in [-0.2, -0.15) is 0 Å². The lowest BCUT2D eigenvalue weighted by Crippen LogP contribution is -2.42. The number of hydrogen-bond acceptors (Lipinski definition) is 3. The van der Waals surface area contributed by atoms with Crippen LogP contribution in [0.15, 0.2) is 60.3 Å². The van der Waals surface area contributed by atoms with E-state index in [1.54, 1.807) is 0 Å². The molecule has 0 spiro atoms. The fourth-order valence-electron chi connectivity index (χ4n) is 2.57. The Morgan fingerprint density at radius 2 is 1.86 bits per heavy atom. The number of benzene rings is 2. The summed E-state index contributed by atoms with van der Waals surface area (Å²) in [5, 5.41) is 13.1. The van der Waals surface area contributed by atoms with Crippen molar-refractivity contribution in [3.05, 3.63) is 77.0 Å². The lowest BCUT2D eigenvalue weighted by atomic mass is 9.84. The lowest BCUT2D eigenvalue weighted by Gasteiger charge is -2.29. The van der Waals surface area contributed by atoms with Crippen molar-refractivity contribution in [2.24, 2.45) is 0 Å². The van der Waals surface area contributed by atoms with Gasteiger partial charge < -0.3 is 10.4 Å². The maximum Gasteiger partial charge on any atom is 0.199 e. The quantitative estimate of drug-likeness (QED) is 0.903. The second-order valence-electron chi connectivity index (χ2n) is 5.26. The van der Waals surface area contributed by atoms with Gasteiger partial charge in [0.1, 0.15) is 0 Å². The highest BCUT2D eigenvalue weighted by atomic mass is 16.3. The van der Waals surface area contributed by atoms with Crippen LogP contribution in [0.1, 0.15) is 16.7 Å². The summed E-state index contributed by atoms with van der Waals surface area (Å²) >= 11 is 0. The minimum absolute atomic E-state index is 0.215. The van der Waals surface area contributed by atoms with Gasteiger partial charge in [0.05, 0.1) is 11.3 Å². The molecule has 0 bridgehead atoms. The molecule has 0 saturated carbocycles. The second kappa shape index (κ2) is 5.54. The first-order valence-corrected chi connectivity index (χ1v) is 6.98. The third-order valence-electron chi connectivity index (χ3n) is 3.67. The fourth-order valence-corrected chi connectivity index (χ4v) is 2.57. The zero-order valence-electron chi connectivity index (χ0n) is 11.8. The predicted molar refractivity (Wildman–Crippen MR) is 82.4 cm³/mol. The summed E-state index contributed by atoms with van der Waals surface area (Å²) in [7, 11) is 0. The molecule has 2 N–H and O–H groups in total. The van der Waals surface area contributed by atoms with E-state index in [2.05, 4.69) is 11.4 Å². The van der Waals surface area contributed by atoms with E-state index in [4.69, 9.17) is 0 Å². The standard InChI is InChI=1S/C18H17NO2/c1-12-6-5-7-13(10-12)11-19-16-15(17(20)18(16)21)14-8-3-2-4-9-14/h2-10,18-19,21H,11H2,1H3. The molecule has 3 nitrogen and oxygen atoms in total. The molecule has 1 atom stereocenters. The summed E-state index contributed by atoms with van der Waals surface area (Å²) in [6.45, 7) is 2.64. The average molecular weight is 279 g/mol. The summed E-state index contributed by atoms with van der Waals surface area (Å²) < 4.78 is 0.